The van der Waals surface area contributed by atoms with Crippen molar-refractivity contribution in [3.63, 3.8) is 0 Å². The summed E-state index contributed by atoms with van der Waals surface area (Å²) in [5.74, 6) is -3.25. The first-order valence-electron chi connectivity index (χ1n) is 10.2. The van der Waals surface area contributed by atoms with E-state index in [4.69, 9.17) is 21.1 Å². The third kappa shape index (κ3) is 3.51. The molecule has 32 heavy (non-hydrogen) atoms. The standard InChI is InChI=1S/C22H22ClF2NO5S/c1-26-21(27)31-11-13-3-2-10-22(32(28,29)15-6-4-14(23)5-7-15)16(13)12-30-20-18(25)9-8-17(24)19(20)22/h4-9,13,16H,2-3,10-12H2,1H3,(H,26,27)/t13-,16-,22-/m0/s1. The van der Waals surface area contributed by atoms with Gasteiger partial charge in [-0.25, -0.2) is 22.0 Å². The first kappa shape index (κ1) is 22.8. The van der Waals surface area contributed by atoms with Crippen LogP contribution in [0.3, 0.4) is 0 Å². The number of sulfone groups is 1. The number of hydrogen-bond acceptors (Lipinski definition) is 5. The predicted molar refractivity (Wildman–Crippen MR) is 113 cm³/mol. The van der Waals surface area contributed by atoms with Gasteiger partial charge in [0.2, 0.25) is 0 Å². The maximum absolute atomic E-state index is 15.2. The molecule has 0 unspecified atom stereocenters. The van der Waals surface area contributed by atoms with Crippen LogP contribution in [-0.4, -0.2) is 34.8 Å². The van der Waals surface area contributed by atoms with Crippen molar-refractivity contribution in [3.8, 4) is 5.75 Å². The van der Waals surface area contributed by atoms with Crippen LogP contribution in [0.15, 0.2) is 41.3 Å². The van der Waals surface area contributed by atoms with Crippen LogP contribution in [0.2, 0.25) is 5.02 Å². The van der Waals surface area contributed by atoms with Crippen molar-refractivity contribution in [2.45, 2.75) is 28.9 Å². The molecule has 2 aromatic rings. The zero-order valence-electron chi connectivity index (χ0n) is 17.2. The molecule has 4 rings (SSSR count). The molecule has 1 saturated carbocycles. The molecule has 10 heteroatoms. The molecule has 6 nitrogen and oxygen atoms in total. The average molecular weight is 486 g/mol. The number of rotatable bonds is 4. The normalized spacial score (nSPS) is 24.6. The molecule has 0 spiro atoms. The summed E-state index contributed by atoms with van der Waals surface area (Å²) >= 11 is 5.94. The third-order valence-corrected chi connectivity index (χ3v) is 9.23. The Kier molecular flexibility index (Phi) is 6.06. The molecule has 0 bridgehead atoms. The van der Waals surface area contributed by atoms with Gasteiger partial charge in [-0.05, 0) is 49.2 Å². The summed E-state index contributed by atoms with van der Waals surface area (Å²) in [5.41, 5.74) is -0.298. The lowest BCUT2D eigenvalue weighted by Crippen LogP contribution is -2.55. The summed E-state index contributed by atoms with van der Waals surface area (Å²) < 4.78 is 67.1. The molecular weight excluding hydrogens is 464 g/mol. The van der Waals surface area contributed by atoms with Gasteiger partial charge in [-0.15, -0.1) is 0 Å². The molecule has 1 N–H and O–H groups in total. The van der Waals surface area contributed by atoms with E-state index in [1.807, 2.05) is 0 Å². The zero-order chi connectivity index (χ0) is 23.1. The van der Waals surface area contributed by atoms with E-state index < -0.39 is 44.1 Å². The fourth-order valence-corrected chi connectivity index (χ4v) is 7.54. The monoisotopic (exact) mass is 485 g/mol. The van der Waals surface area contributed by atoms with Gasteiger partial charge >= 0.3 is 6.09 Å². The average Bonchev–Trinajstić information content (AvgIpc) is 2.79. The lowest BCUT2D eigenvalue weighted by Gasteiger charge is -2.50. The number of carbonyl (C=O) groups excluding carboxylic acids is 1. The minimum absolute atomic E-state index is 0.0451. The van der Waals surface area contributed by atoms with Crippen LogP contribution >= 0.6 is 11.6 Å². The highest BCUT2D eigenvalue weighted by Crippen LogP contribution is 2.58. The van der Waals surface area contributed by atoms with Crippen LogP contribution in [0.25, 0.3) is 0 Å². The van der Waals surface area contributed by atoms with Crippen molar-refractivity contribution in [1.82, 2.24) is 5.32 Å². The lowest BCUT2D eigenvalue weighted by atomic mass is 9.67. The van der Waals surface area contributed by atoms with E-state index in [0.717, 1.165) is 12.1 Å². The summed E-state index contributed by atoms with van der Waals surface area (Å²) in [6.07, 6.45) is 0.391. The molecule has 3 atom stereocenters. The second-order valence-corrected chi connectivity index (χ2v) is 10.6. The second-order valence-electron chi connectivity index (χ2n) is 8.00. The van der Waals surface area contributed by atoms with Gasteiger partial charge in [0.05, 0.1) is 23.7 Å². The number of carbonyl (C=O) groups is 1. The van der Waals surface area contributed by atoms with Gasteiger partial charge in [0.1, 0.15) is 10.6 Å². The smallest absolute Gasteiger partial charge is 0.406 e. The van der Waals surface area contributed by atoms with E-state index in [-0.39, 0.29) is 35.8 Å². The second kappa shape index (κ2) is 8.51. The van der Waals surface area contributed by atoms with Gasteiger partial charge in [-0.3, -0.25) is 0 Å². The maximum atomic E-state index is 15.2. The summed E-state index contributed by atoms with van der Waals surface area (Å²) in [6.45, 7) is -0.222. The number of nitrogens with one attached hydrogen (secondary N) is 1. The van der Waals surface area contributed by atoms with Gasteiger partial charge in [0, 0.05) is 23.9 Å². The van der Waals surface area contributed by atoms with Crippen molar-refractivity contribution >= 4 is 27.5 Å². The SMILES string of the molecule is CNC(=O)OC[C@@H]1CCC[C@@]2(S(=O)(=O)c3ccc(Cl)cc3)c3c(F)ccc(F)c3OC[C@@H]12. The number of halogens is 3. The first-order chi connectivity index (χ1) is 15.2. The molecular formula is C22H22ClF2NO5S. The minimum atomic E-state index is -4.23. The molecule has 2 aromatic carbocycles. The Morgan fingerprint density at radius 3 is 2.59 bits per heavy atom. The van der Waals surface area contributed by atoms with Gasteiger partial charge in [0.15, 0.2) is 21.4 Å². The molecule has 1 aliphatic carbocycles. The Hall–Kier alpha value is -2.39. The van der Waals surface area contributed by atoms with Crippen LogP contribution < -0.4 is 10.1 Å². The number of ether oxygens (including phenoxy) is 2. The molecule has 0 aromatic heterocycles. The largest absolute Gasteiger partial charge is 0.490 e. The van der Waals surface area contributed by atoms with E-state index in [1.54, 1.807) is 0 Å². The molecule has 172 valence electrons. The van der Waals surface area contributed by atoms with Crippen molar-refractivity contribution < 1.29 is 31.5 Å². The molecule has 2 aliphatic rings. The molecule has 1 amide bonds. The predicted octanol–water partition coefficient (Wildman–Crippen LogP) is 4.45. The Balaban J connectivity index is 1.92. The summed E-state index contributed by atoms with van der Waals surface area (Å²) in [5, 5.41) is 2.70. The number of alkyl carbamates (subject to hydrolysis) is 1. The zero-order valence-corrected chi connectivity index (χ0v) is 18.8. The summed E-state index contributed by atoms with van der Waals surface area (Å²) in [6, 6.07) is 7.45. The fraction of sp³-hybridized carbons (Fsp3) is 0.409. The van der Waals surface area contributed by atoms with E-state index in [2.05, 4.69) is 5.32 Å². The summed E-state index contributed by atoms with van der Waals surface area (Å²) in [7, 11) is -2.82. The third-order valence-electron chi connectivity index (χ3n) is 6.42. The Morgan fingerprint density at radius 2 is 1.91 bits per heavy atom. The van der Waals surface area contributed by atoms with Crippen LogP contribution in [0.4, 0.5) is 13.6 Å². The van der Waals surface area contributed by atoms with Crippen LogP contribution in [0.5, 0.6) is 5.75 Å². The maximum Gasteiger partial charge on any atom is 0.406 e. The molecule has 1 heterocycles. The van der Waals surface area contributed by atoms with Crippen LogP contribution in [-0.2, 0) is 19.3 Å². The fourth-order valence-electron chi connectivity index (χ4n) is 4.96. The van der Waals surface area contributed by atoms with E-state index in [9.17, 15) is 17.6 Å². The van der Waals surface area contributed by atoms with Gasteiger partial charge < -0.3 is 14.8 Å². The topological polar surface area (TPSA) is 81.7 Å². The number of fused-ring (bicyclic) bond motifs is 3. The molecule has 1 fully saturated rings. The summed E-state index contributed by atoms with van der Waals surface area (Å²) in [4.78, 5) is 11.6. The van der Waals surface area contributed by atoms with Gasteiger partial charge in [-0.1, -0.05) is 18.0 Å². The Morgan fingerprint density at radius 1 is 1.22 bits per heavy atom. The Labute approximate surface area is 189 Å². The number of benzene rings is 2. The first-order valence-corrected chi connectivity index (χ1v) is 12.0. The highest BCUT2D eigenvalue weighted by molar-refractivity contribution is 7.92. The van der Waals surface area contributed by atoms with E-state index in [0.29, 0.717) is 17.9 Å². The van der Waals surface area contributed by atoms with Crippen molar-refractivity contribution in [3.05, 3.63) is 58.6 Å². The van der Waals surface area contributed by atoms with Gasteiger partial charge in [-0.2, -0.15) is 0 Å². The van der Waals surface area contributed by atoms with Crippen LogP contribution in [0.1, 0.15) is 24.8 Å². The number of hydrogen-bond donors (Lipinski definition) is 1. The van der Waals surface area contributed by atoms with Gasteiger partial charge in [0.25, 0.3) is 0 Å². The van der Waals surface area contributed by atoms with E-state index >= 15 is 4.39 Å². The van der Waals surface area contributed by atoms with E-state index in [1.165, 1.54) is 31.3 Å². The van der Waals surface area contributed by atoms with Crippen molar-refractivity contribution in [2.24, 2.45) is 11.8 Å². The quantitative estimate of drug-likeness (QED) is 0.691. The molecule has 0 saturated heterocycles. The molecule has 0 radical (unpaired) electrons. The highest BCUT2D eigenvalue weighted by Gasteiger charge is 2.61. The van der Waals surface area contributed by atoms with Crippen molar-refractivity contribution in [2.75, 3.05) is 20.3 Å². The van der Waals surface area contributed by atoms with Crippen LogP contribution in [0, 0.1) is 23.5 Å². The Bertz CT molecular complexity index is 1140. The highest BCUT2D eigenvalue weighted by atomic mass is 35.5. The minimum Gasteiger partial charge on any atom is -0.490 e. The number of amides is 1. The van der Waals surface area contributed by atoms with Crippen molar-refractivity contribution in [1.29, 1.82) is 0 Å². The lowest BCUT2D eigenvalue weighted by molar-refractivity contribution is 0.0337. The molecule has 1 aliphatic heterocycles.